The average Bonchev–Trinajstić information content (AvgIpc) is 2.80. The van der Waals surface area contributed by atoms with Crippen LogP contribution in [-0.2, 0) is 24.6 Å². The van der Waals surface area contributed by atoms with Crippen LogP contribution in [0.15, 0.2) is 29.2 Å². The molecule has 2 rings (SSSR count). The van der Waals surface area contributed by atoms with Crippen LogP contribution in [0.2, 0.25) is 0 Å². The molecule has 26 heavy (non-hydrogen) atoms. The van der Waals surface area contributed by atoms with Crippen molar-refractivity contribution >= 4 is 26.0 Å². The number of carbonyl (C=O) groups is 1. The van der Waals surface area contributed by atoms with Crippen molar-refractivity contribution < 1.29 is 26.4 Å². The van der Waals surface area contributed by atoms with Gasteiger partial charge in [0.2, 0.25) is 10.0 Å². The number of amides is 1. The van der Waals surface area contributed by atoms with Crippen LogP contribution in [0.25, 0.3) is 0 Å². The fraction of sp³-hybridized carbons (Fsp3) is 0.562. The van der Waals surface area contributed by atoms with E-state index >= 15 is 0 Å². The lowest BCUT2D eigenvalue weighted by atomic mass is 10.0. The molecule has 0 saturated carbocycles. The molecule has 1 amide bonds. The summed E-state index contributed by atoms with van der Waals surface area (Å²) in [5.41, 5.74) is 0.995. The predicted octanol–water partition coefficient (Wildman–Crippen LogP) is 1.00. The van der Waals surface area contributed by atoms with Gasteiger partial charge in [-0.3, -0.25) is 0 Å². The van der Waals surface area contributed by atoms with Crippen LogP contribution in [0.1, 0.15) is 32.3 Å². The summed E-state index contributed by atoms with van der Waals surface area (Å²) in [4.78, 5) is 11.6. The van der Waals surface area contributed by atoms with Gasteiger partial charge in [-0.25, -0.2) is 26.4 Å². The maximum absolute atomic E-state index is 12.6. The van der Waals surface area contributed by atoms with Crippen LogP contribution in [0.3, 0.4) is 0 Å². The maximum Gasteiger partial charge on any atom is 0.407 e. The zero-order chi connectivity index (χ0) is 19.5. The molecule has 1 heterocycles. The Balaban J connectivity index is 2.18. The van der Waals surface area contributed by atoms with Crippen molar-refractivity contribution in [3.05, 3.63) is 29.8 Å². The Bertz CT molecular complexity index is 847. The molecule has 0 aliphatic carbocycles. The fourth-order valence-electron chi connectivity index (χ4n) is 2.73. The topological polar surface area (TPSA) is 119 Å². The number of rotatable bonds is 6. The van der Waals surface area contributed by atoms with Gasteiger partial charge in [0.15, 0.2) is 9.84 Å². The van der Waals surface area contributed by atoms with Crippen molar-refractivity contribution in [3.8, 4) is 0 Å². The minimum absolute atomic E-state index is 0.0427. The van der Waals surface area contributed by atoms with Crippen molar-refractivity contribution in [2.45, 2.75) is 43.7 Å². The van der Waals surface area contributed by atoms with Gasteiger partial charge in [0.05, 0.1) is 35.1 Å². The Hall–Kier alpha value is -1.65. The second-order valence-corrected chi connectivity index (χ2v) is 10.4. The standard InChI is InChI=1S/C16H24N2O6S2/c1-4-24-16(19)17-14-9-25(20,21)10-15(14)18-26(22,23)13-7-5-12(6-8-13)11(2)3/h5-8,11,14-15,18H,4,9-10H2,1-3H3,(H,17,19)/t14-,15-/m0/s1. The molecule has 0 bridgehead atoms. The predicted molar refractivity (Wildman–Crippen MR) is 97.2 cm³/mol. The molecule has 1 aromatic carbocycles. The van der Waals surface area contributed by atoms with E-state index in [1.54, 1.807) is 19.1 Å². The highest BCUT2D eigenvalue weighted by atomic mass is 32.2. The number of carbonyl (C=O) groups excluding carboxylic acids is 1. The highest BCUT2D eigenvalue weighted by molar-refractivity contribution is 7.92. The Kier molecular flexibility index (Phi) is 6.30. The first kappa shape index (κ1) is 20.7. The zero-order valence-corrected chi connectivity index (χ0v) is 16.6. The summed E-state index contributed by atoms with van der Waals surface area (Å²) in [7, 11) is -7.40. The lowest BCUT2D eigenvalue weighted by molar-refractivity contribution is 0.148. The van der Waals surface area contributed by atoms with Crippen molar-refractivity contribution in [1.29, 1.82) is 0 Å². The van der Waals surface area contributed by atoms with E-state index in [0.717, 1.165) is 5.56 Å². The molecule has 1 aliphatic rings. The van der Waals surface area contributed by atoms with Gasteiger partial charge < -0.3 is 10.1 Å². The van der Waals surface area contributed by atoms with Crippen LogP contribution in [0.4, 0.5) is 4.79 Å². The summed E-state index contributed by atoms with van der Waals surface area (Å²) in [6.45, 7) is 5.74. The largest absolute Gasteiger partial charge is 0.450 e. The molecule has 2 atom stereocenters. The third-order valence-electron chi connectivity index (χ3n) is 4.09. The first-order valence-electron chi connectivity index (χ1n) is 8.30. The van der Waals surface area contributed by atoms with Crippen molar-refractivity contribution in [2.75, 3.05) is 18.1 Å². The SMILES string of the molecule is CCOC(=O)N[C@H]1CS(=O)(=O)C[C@@H]1NS(=O)(=O)c1ccc(C(C)C)cc1. The summed E-state index contributed by atoms with van der Waals surface area (Å²) in [6.07, 6.45) is -0.778. The molecule has 1 saturated heterocycles. The Morgan fingerprint density at radius 2 is 1.77 bits per heavy atom. The number of alkyl carbamates (subject to hydrolysis) is 1. The smallest absolute Gasteiger partial charge is 0.407 e. The third kappa shape index (κ3) is 5.18. The third-order valence-corrected chi connectivity index (χ3v) is 7.33. The van der Waals surface area contributed by atoms with Gasteiger partial charge in [-0.1, -0.05) is 26.0 Å². The zero-order valence-electron chi connectivity index (χ0n) is 14.9. The molecule has 0 aromatic heterocycles. The Labute approximate surface area is 154 Å². The first-order valence-corrected chi connectivity index (χ1v) is 11.6. The number of benzene rings is 1. The number of sulfone groups is 1. The molecule has 1 aliphatic heterocycles. The molecule has 0 unspecified atom stereocenters. The molecule has 2 N–H and O–H groups in total. The molecule has 1 fully saturated rings. The van der Waals surface area contributed by atoms with Gasteiger partial charge >= 0.3 is 6.09 Å². The minimum Gasteiger partial charge on any atom is -0.450 e. The van der Waals surface area contributed by atoms with Crippen LogP contribution in [0.5, 0.6) is 0 Å². The Morgan fingerprint density at radius 1 is 1.19 bits per heavy atom. The lowest BCUT2D eigenvalue weighted by Crippen LogP contribution is -2.50. The fourth-order valence-corrected chi connectivity index (χ4v) is 5.97. The van der Waals surface area contributed by atoms with E-state index in [1.807, 2.05) is 13.8 Å². The molecular weight excluding hydrogens is 380 g/mol. The highest BCUT2D eigenvalue weighted by Gasteiger charge is 2.41. The van der Waals surface area contributed by atoms with Crippen LogP contribution >= 0.6 is 0 Å². The Morgan fingerprint density at radius 3 is 2.31 bits per heavy atom. The van der Waals surface area contributed by atoms with Gasteiger partial charge in [-0.05, 0) is 30.5 Å². The molecule has 0 spiro atoms. The van der Waals surface area contributed by atoms with Crippen molar-refractivity contribution in [1.82, 2.24) is 10.0 Å². The maximum atomic E-state index is 12.6. The van der Waals surface area contributed by atoms with E-state index in [-0.39, 0.29) is 28.9 Å². The van der Waals surface area contributed by atoms with Crippen molar-refractivity contribution in [3.63, 3.8) is 0 Å². The summed E-state index contributed by atoms with van der Waals surface area (Å²) in [6, 6.07) is 4.56. The number of nitrogens with one attached hydrogen (secondary N) is 2. The summed E-state index contributed by atoms with van der Waals surface area (Å²) >= 11 is 0. The van der Waals surface area contributed by atoms with E-state index in [0.29, 0.717) is 0 Å². The van der Waals surface area contributed by atoms with Crippen LogP contribution in [0, 0.1) is 0 Å². The summed E-state index contributed by atoms with van der Waals surface area (Å²) < 4.78 is 56.1. The molecule has 0 radical (unpaired) electrons. The minimum atomic E-state index is -3.92. The normalized spacial score (nSPS) is 22.3. The molecule has 1 aromatic rings. The van der Waals surface area contributed by atoms with Gasteiger partial charge in [-0.2, -0.15) is 0 Å². The highest BCUT2D eigenvalue weighted by Crippen LogP contribution is 2.20. The number of hydrogen-bond acceptors (Lipinski definition) is 6. The van der Waals surface area contributed by atoms with Gasteiger partial charge in [0.25, 0.3) is 0 Å². The van der Waals surface area contributed by atoms with E-state index in [1.165, 1.54) is 12.1 Å². The van der Waals surface area contributed by atoms with Crippen LogP contribution in [-0.4, -0.2) is 53.1 Å². The summed E-state index contributed by atoms with van der Waals surface area (Å²) in [5, 5.41) is 2.42. The molecule has 10 heteroatoms. The molecular formula is C16H24N2O6S2. The first-order chi connectivity index (χ1) is 12.0. The summed E-state index contributed by atoms with van der Waals surface area (Å²) in [5.74, 6) is -0.462. The number of ether oxygens (including phenoxy) is 1. The average molecular weight is 405 g/mol. The molecule has 146 valence electrons. The number of sulfonamides is 1. The van der Waals surface area contributed by atoms with Gasteiger partial charge in [-0.15, -0.1) is 0 Å². The number of hydrogen-bond donors (Lipinski definition) is 2. The van der Waals surface area contributed by atoms with E-state index in [9.17, 15) is 21.6 Å². The quantitative estimate of drug-likeness (QED) is 0.730. The lowest BCUT2D eigenvalue weighted by Gasteiger charge is -2.20. The molecule has 8 nitrogen and oxygen atoms in total. The van der Waals surface area contributed by atoms with Crippen molar-refractivity contribution in [2.24, 2.45) is 0 Å². The van der Waals surface area contributed by atoms with E-state index in [2.05, 4.69) is 10.0 Å². The monoisotopic (exact) mass is 404 g/mol. The van der Waals surface area contributed by atoms with E-state index < -0.39 is 38.0 Å². The van der Waals surface area contributed by atoms with Gasteiger partial charge in [0, 0.05) is 0 Å². The van der Waals surface area contributed by atoms with Gasteiger partial charge in [0.1, 0.15) is 0 Å². The second-order valence-electron chi connectivity index (χ2n) is 6.50. The van der Waals surface area contributed by atoms with E-state index in [4.69, 9.17) is 4.74 Å². The second kappa shape index (κ2) is 7.93. The van der Waals surface area contributed by atoms with Crippen LogP contribution < -0.4 is 10.0 Å².